The third-order valence-electron chi connectivity index (χ3n) is 4.54. The van der Waals surface area contributed by atoms with Gasteiger partial charge in [0.25, 0.3) is 5.56 Å². The third kappa shape index (κ3) is 3.58. The minimum atomic E-state index is -0.0926. The van der Waals surface area contributed by atoms with E-state index in [9.17, 15) is 4.79 Å². The SMILES string of the molecule is CC(Nc1c(Cl)cnn(CC2CC2)c1=O)C1CCCNC1. The number of hydrogen-bond donors (Lipinski definition) is 2. The number of nitrogens with zero attached hydrogens (tertiary/aromatic N) is 2. The molecule has 2 heterocycles. The van der Waals surface area contributed by atoms with E-state index in [0.29, 0.717) is 29.1 Å². The maximum Gasteiger partial charge on any atom is 0.291 e. The summed E-state index contributed by atoms with van der Waals surface area (Å²) in [6.07, 6.45) is 6.35. The van der Waals surface area contributed by atoms with E-state index in [1.807, 2.05) is 0 Å². The largest absolute Gasteiger partial charge is 0.376 e. The molecule has 1 aliphatic carbocycles. The van der Waals surface area contributed by atoms with Crippen LogP contribution in [0.15, 0.2) is 11.0 Å². The summed E-state index contributed by atoms with van der Waals surface area (Å²) in [7, 11) is 0. The summed E-state index contributed by atoms with van der Waals surface area (Å²) in [5.74, 6) is 1.14. The van der Waals surface area contributed by atoms with Crippen molar-refractivity contribution in [1.29, 1.82) is 0 Å². The molecule has 2 atom stereocenters. The second-order valence-electron chi connectivity index (χ2n) is 6.34. The van der Waals surface area contributed by atoms with Crippen LogP contribution in [-0.2, 0) is 6.54 Å². The van der Waals surface area contributed by atoms with E-state index in [-0.39, 0.29) is 11.6 Å². The van der Waals surface area contributed by atoms with Gasteiger partial charge in [0, 0.05) is 12.6 Å². The fourth-order valence-electron chi connectivity index (χ4n) is 2.93. The molecular formula is C15H23ClN4O. The Bertz CT molecular complexity index is 549. The van der Waals surface area contributed by atoms with Gasteiger partial charge < -0.3 is 10.6 Å². The summed E-state index contributed by atoms with van der Waals surface area (Å²) in [5, 5.41) is 11.3. The van der Waals surface area contributed by atoms with Crippen molar-refractivity contribution in [3.8, 4) is 0 Å². The lowest BCUT2D eigenvalue weighted by Gasteiger charge is -2.29. The zero-order valence-corrected chi connectivity index (χ0v) is 13.2. The monoisotopic (exact) mass is 310 g/mol. The van der Waals surface area contributed by atoms with Gasteiger partial charge in [-0.25, -0.2) is 4.68 Å². The molecule has 0 aromatic carbocycles. The number of anilines is 1. The van der Waals surface area contributed by atoms with Gasteiger partial charge in [-0.05, 0) is 57.5 Å². The van der Waals surface area contributed by atoms with Crippen LogP contribution < -0.4 is 16.2 Å². The van der Waals surface area contributed by atoms with Gasteiger partial charge in [0.2, 0.25) is 0 Å². The van der Waals surface area contributed by atoms with Gasteiger partial charge in [0.1, 0.15) is 5.69 Å². The first-order valence-electron chi connectivity index (χ1n) is 7.88. The number of rotatable bonds is 5. The van der Waals surface area contributed by atoms with Crippen molar-refractivity contribution in [2.75, 3.05) is 18.4 Å². The molecule has 116 valence electrons. The molecule has 2 unspecified atom stereocenters. The van der Waals surface area contributed by atoms with Crippen LogP contribution in [0.25, 0.3) is 0 Å². The molecule has 21 heavy (non-hydrogen) atoms. The van der Waals surface area contributed by atoms with Gasteiger partial charge in [-0.2, -0.15) is 5.10 Å². The molecule has 3 rings (SSSR count). The van der Waals surface area contributed by atoms with Crippen molar-refractivity contribution in [2.24, 2.45) is 11.8 Å². The average Bonchev–Trinajstić information content (AvgIpc) is 3.31. The maximum absolute atomic E-state index is 12.5. The first-order chi connectivity index (χ1) is 10.1. The Balaban J connectivity index is 1.75. The van der Waals surface area contributed by atoms with Crippen molar-refractivity contribution < 1.29 is 0 Å². The van der Waals surface area contributed by atoms with E-state index in [4.69, 9.17) is 11.6 Å². The Morgan fingerprint density at radius 2 is 2.33 bits per heavy atom. The van der Waals surface area contributed by atoms with E-state index in [2.05, 4.69) is 22.7 Å². The normalized spacial score (nSPS) is 23.8. The molecule has 6 heteroatoms. The van der Waals surface area contributed by atoms with Crippen LogP contribution in [0.5, 0.6) is 0 Å². The number of hydrogen-bond acceptors (Lipinski definition) is 4. The first kappa shape index (κ1) is 14.9. The van der Waals surface area contributed by atoms with Crippen molar-refractivity contribution in [1.82, 2.24) is 15.1 Å². The molecule has 0 radical (unpaired) electrons. The number of piperidine rings is 1. The van der Waals surface area contributed by atoms with Gasteiger partial charge in [0.15, 0.2) is 0 Å². The van der Waals surface area contributed by atoms with E-state index in [1.165, 1.54) is 25.7 Å². The fourth-order valence-corrected chi connectivity index (χ4v) is 3.10. The predicted octanol–water partition coefficient (Wildman–Crippen LogP) is 2.11. The van der Waals surface area contributed by atoms with Gasteiger partial charge in [-0.3, -0.25) is 4.79 Å². The highest BCUT2D eigenvalue weighted by molar-refractivity contribution is 6.33. The standard InChI is InChI=1S/C15H23ClN4O/c1-10(12-3-2-6-17-7-12)19-14-13(16)8-18-20(15(14)21)9-11-4-5-11/h8,10-12,17,19H,2-7,9H2,1H3. The summed E-state index contributed by atoms with van der Waals surface area (Å²) < 4.78 is 1.55. The quantitative estimate of drug-likeness (QED) is 0.874. The highest BCUT2D eigenvalue weighted by atomic mass is 35.5. The van der Waals surface area contributed by atoms with Crippen LogP contribution in [0, 0.1) is 11.8 Å². The Hall–Kier alpha value is -1.07. The van der Waals surface area contributed by atoms with Gasteiger partial charge in [-0.15, -0.1) is 0 Å². The van der Waals surface area contributed by atoms with Gasteiger partial charge >= 0.3 is 0 Å². The fraction of sp³-hybridized carbons (Fsp3) is 0.733. The zero-order valence-electron chi connectivity index (χ0n) is 12.4. The van der Waals surface area contributed by atoms with Crippen molar-refractivity contribution in [3.63, 3.8) is 0 Å². The summed E-state index contributed by atoms with van der Waals surface area (Å²) in [6, 6.07) is 0.222. The Morgan fingerprint density at radius 1 is 1.52 bits per heavy atom. The van der Waals surface area contributed by atoms with Crippen LogP contribution in [-0.4, -0.2) is 28.9 Å². The Labute approximate surface area is 130 Å². The summed E-state index contributed by atoms with van der Waals surface area (Å²) >= 11 is 6.18. The Kier molecular flexibility index (Phi) is 4.50. The lowest BCUT2D eigenvalue weighted by molar-refractivity contribution is 0.346. The lowest BCUT2D eigenvalue weighted by atomic mass is 9.93. The van der Waals surface area contributed by atoms with E-state index < -0.39 is 0 Å². The molecule has 1 aromatic heterocycles. The summed E-state index contributed by atoms with van der Waals surface area (Å²) in [6.45, 7) is 4.92. The van der Waals surface area contributed by atoms with Crippen LogP contribution in [0.1, 0.15) is 32.6 Å². The molecule has 1 saturated carbocycles. The number of halogens is 1. The molecule has 1 saturated heterocycles. The van der Waals surface area contributed by atoms with Crippen LogP contribution in [0.4, 0.5) is 5.69 Å². The minimum absolute atomic E-state index is 0.0926. The van der Waals surface area contributed by atoms with Crippen LogP contribution in [0.3, 0.4) is 0 Å². The number of nitrogens with one attached hydrogen (secondary N) is 2. The zero-order chi connectivity index (χ0) is 14.8. The van der Waals surface area contributed by atoms with Crippen LogP contribution >= 0.6 is 11.6 Å². The topological polar surface area (TPSA) is 59.0 Å². The molecule has 5 nitrogen and oxygen atoms in total. The van der Waals surface area contributed by atoms with Crippen molar-refractivity contribution in [3.05, 3.63) is 21.6 Å². The molecule has 2 N–H and O–H groups in total. The van der Waals surface area contributed by atoms with E-state index in [1.54, 1.807) is 10.9 Å². The smallest absolute Gasteiger partial charge is 0.291 e. The van der Waals surface area contributed by atoms with Crippen molar-refractivity contribution >= 4 is 17.3 Å². The molecule has 1 aromatic rings. The summed E-state index contributed by atoms with van der Waals surface area (Å²) in [4.78, 5) is 12.5. The lowest BCUT2D eigenvalue weighted by Crippen LogP contribution is -2.40. The highest BCUT2D eigenvalue weighted by Crippen LogP contribution is 2.30. The highest BCUT2D eigenvalue weighted by Gasteiger charge is 2.25. The van der Waals surface area contributed by atoms with Gasteiger partial charge in [0.05, 0.1) is 11.2 Å². The predicted molar refractivity (Wildman–Crippen MR) is 84.9 cm³/mol. The molecule has 0 amide bonds. The molecule has 0 bridgehead atoms. The van der Waals surface area contributed by atoms with Crippen LogP contribution in [0.2, 0.25) is 5.02 Å². The Morgan fingerprint density at radius 3 is 3.00 bits per heavy atom. The van der Waals surface area contributed by atoms with Gasteiger partial charge in [-0.1, -0.05) is 11.6 Å². The molecule has 2 aliphatic rings. The van der Waals surface area contributed by atoms with E-state index in [0.717, 1.165) is 13.1 Å². The van der Waals surface area contributed by atoms with E-state index >= 15 is 0 Å². The van der Waals surface area contributed by atoms with Crippen molar-refractivity contribution in [2.45, 2.75) is 45.2 Å². The second-order valence-corrected chi connectivity index (χ2v) is 6.74. The third-order valence-corrected chi connectivity index (χ3v) is 4.83. The molecular weight excluding hydrogens is 288 g/mol. The minimum Gasteiger partial charge on any atom is -0.376 e. The molecule has 2 fully saturated rings. The second kappa shape index (κ2) is 6.36. The molecule has 1 aliphatic heterocycles. The number of aromatic nitrogens is 2. The molecule has 0 spiro atoms. The summed E-state index contributed by atoms with van der Waals surface area (Å²) in [5.41, 5.74) is 0.412. The first-order valence-corrected chi connectivity index (χ1v) is 8.26. The average molecular weight is 311 g/mol. The maximum atomic E-state index is 12.5.